The number of rotatable bonds is 8. The number of aryl methyl sites for hydroxylation is 2. The van der Waals surface area contributed by atoms with Crippen molar-refractivity contribution in [2.75, 3.05) is 26.2 Å². The molecule has 0 radical (unpaired) electrons. The fourth-order valence-corrected chi connectivity index (χ4v) is 4.23. The molecule has 0 bridgehead atoms. The number of hydrogen-bond donors (Lipinski definition) is 0. The van der Waals surface area contributed by atoms with Gasteiger partial charge in [0, 0.05) is 43.9 Å². The molecule has 4 rings (SSSR count). The van der Waals surface area contributed by atoms with Crippen molar-refractivity contribution < 1.29 is 9.32 Å². The Hall–Kier alpha value is -3.51. The van der Waals surface area contributed by atoms with Gasteiger partial charge in [-0.15, -0.1) is 0 Å². The quantitative estimate of drug-likeness (QED) is 0.523. The Balaban J connectivity index is 1.25. The minimum Gasteiger partial charge on any atom is -0.340 e. The maximum absolute atomic E-state index is 12.8. The van der Waals surface area contributed by atoms with Gasteiger partial charge in [-0.2, -0.15) is 15.3 Å². The molecular weight excluding hydrogens is 418 g/mol. The van der Waals surface area contributed by atoms with Crippen molar-refractivity contribution in [3.8, 4) is 17.5 Å². The van der Waals surface area contributed by atoms with Crippen LogP contribution >= 0.6 is 0 Å². The van der Waals surface area contributed by atoms with E-state index in [2.05, 4.69) is 26.2 Å². The molecule has 9 nitrogen and oxygen atoms in total. The van der Waals surface area contributed by atoms with Crippen LogP contribution in [0, 0.1) is 25.2 Å². The van der Waals surface area contributed by atoms with Gasteiger partial charge in [0.1, 0.15) is 0 Å². The predicted octanol–water partition coefficient (Wildman–Crippen LogP) is 2.74. The largest absolute Gasteiger partial charge is 0.340 e. The Kier molecular flexibility index (Phi) is 7.15. The molecule has 0 unspecified atom stereocenters. The first-order chi connectivity index (χ1) is 16.0. The van der Waals surface area contributed by atoms with Crippen LogP contribution in [-0.2, 0) is 24.3 Å². The molecule has 9 heteroatoms. The van der Waals surface area contributed by atoms with Crippen LogP contribution in [0.3, 0.4) is 0 Å². The number of nitriles is 1. The summed E-state index contributed by atoms with van der Waals surface area (Å²) in [6.45, 7) is 8.09. The molecule has 33 heavy (non-hydrogen) atoms. The molecule has 1 amide bonds. The molecule has 0 saturated carbocycles. The number of aromatic nitrogens is 4. The lowest BCUT2D eigenvalue weighted by Gasteiger charge is -2.34. The maximum Gasteiger partial charge on any atom is 0.241 e. The predicted molar refractivity (Wildman–Crippen MR) is 122 cm³/mol. The minimum absolute atomic E-state index is 0.169. The van der Waals surface area contributed by atoms with Crippen molar-refractivity contribution >= 4 is 5.91 Å². The van der Waals surface area contributed by atoms with E-state index >= 15 is 0 Å². The van der Waals surface area contributed by atoms with Gasteiger partial charge in [-0.3, -0.25) is 14.4 Å². The zero-order chi connectivity index (χ0) is 23.2. The molecule has 1 saturated heterocycles. The standard InChI is InChI=1S/C24H29N7O2/c1-18-21(19(2)31(27-18)12-6-11-25)9-10-23(32)30-15-13-29(14-16-30)17-22-26-24(28-33-22)20-7-4-3-5-8-20/h3-5,7-8H,6,9-10,12-17H2,1-2H3. The third-order valence-corrected chi connectivity index (χ3v) is 6.14. The van der Waals surface area contributed by atoms with Gasteiger partial charge in [-0.25, -0.2) is 0 Å². The van der Waals surface area contributed by atoms with E-state index in [0.717, 1.165) is 35.6 Å². The zero-order valence-corrected chi connectivity index (χ0v) is 19.2. The molecule has 1 fully saturated rings. The van der Waals surface area contributed by atoms with E-state index in [9.17, 15) is 4.79 Å². The SMILES string of the molecule is Cc1nn(CCC#N)c(C)c1CCC(=O)N1CCN(Cc2nc(-c3ccccc3)no2)CC1. The van der Waals surface area contributed by atoms with Crippen LogP contribution in [0.2, 0.25) is 0 Å². The summed E-state index contributed by atoms with van der Waals surface area (Å²) in [5.74, 6) is 1.36. The monoisotopic (exact) mass is 447 g/mol. The minimum atomic E-state index is 0.169. The molecular formula is C24H29N7O2. The Morgan fingerprint density at radius 3 is 2.64 bits per heavy atom. The van der Waals surface area contributed by atoms with Crippen molar-refractivity contribution in [1.29, 1.82) is 5.26 Å². The van der Waals surface area contributed by atoms with Gasteiger partial charge in [-0.05, 0) is 25.8 Å². The summed E-state index contributed by atoms with van der Waals surface area (Å²) in [6, 6.07) is 11.9. The van der Waals surface area contributed by atoms with E-state index in [4.69, 9.17) is 9.78 Å². The van der Waals surface area contributed by atoms with E-state index < -0.39 is 0 Å². The van der Waals surface area contributed by atoms with Crippen LogP contribution < -0.4 is 0 Å². The van der Waals surface area contributed by atoms with Crippen LogP contribution in [0.1, 0.15) is 35.7 Å². The molecule has 3 heterocycles. The first-order valence-electron chi connectivity index (χ1n) is 11.3. The highest BCUT2D eigenvalue weighted by Gasteiger charge is 2.23. The molecule has 0 aliphatic carbocycles. The lowest BCUT2D eigenvalue weighted by atomic mass is 10.1. The number of piperazine rings is 1. The van der Waals surface area contributed by atoms with Crippen molar-refractivity contribution in [2.45, 2.75) is 46.2 Å². The molecule has 172 valence electrons. The summed E-state index contributed by atoms with van der Waals surface area (Å²) in [5, 5.41) is 17.4. The van der Waals surface area contributed by atoms with Gasteiger partial charge >= 0.3 is 0 Å². The molecule has 0 N–H and O–H groups in total. The summed E-state index contributed by atoms with van der Waals surface area (Å²) in [5.41, 5.74) is 4.04. The van der Waals surface area contributed by atoms with E-state index in [-0.39, 0.29) is 5.91 Å². The van der Waals surface area contributed by atoms with E-state index in [1.165, 1.54) is 0 Å². The first kappa shape index (κ1) is 22.7. The number of hydrogen-bond acceptors (Lipinski definition) is 7. The van der Waals surface area contributed by atoms with Crippen molar-refractivity contribution in [3.63, 3.8) is 0 Å². The van der Waals surface area contributed by atoms with Gasteiger partial charge in [0.25, 0.3) is 0 Å². The van der Waals surface area contributed by atoms with Gasteiger partial charge in [0.15, 0.2) is 0 Å². The van der Waals surface area contributed by atoms with Gasteiger partial charge < -0.3 is 9.42 Å². The third-order valence-electron chi connectivity index (χ3n) is 6.14. The lowest BCUT2D eigenvalue weighted by molar-refractivity contribution is -0.133. The molecule has 1 aliphatic heterocycles. The lowest BCUT2D eigenvalue weighted by Crippen LogP contribution is -2.48. The summed E-state index contributed by atoms with van der Waals surface area (Å²) in [6.07, 6.45) is 1.57. The van der Waals surface area contributed by atoms with Crippen molar-refractivity contribution in [3.05, 3.63) is 53.2 Å². The molecule has 0 atom stereocenters. The summed E-state index contributed by atoms with van der Waals surface area (Å²) in [4.78, 5) is 21.5. The highest BCUT2D eigenvalue weighted by atomic mass is 16.5. The number of amides is 1. The Morgan fingerprint density at radius 2 is 1.91 bits per heavy atom. The Morgan fingerprint density at radius 1 is 1.15 bits per heavy atom. The zero-order valence-electron chi connectivity index (χ0n) is 19.2. The fraction of sp³-hybridized carbons (Fsp3) is 0.458. The van der Waals surface area contributed by atoms with Crippen LogP contribution in [0.4, 0.5) is 0 Å². The highest BCUT2D eigenvalue weighted by Crippen LogP contribution is 2.18. The van der Waals surface area contributed by atoms with E-state index in [0.29, 0.717) is 57.2 Å². The van der Waals surface area contributed by atoms with Crippen molar-refractivity contribution in [2.24, 2.45) is 0 Å². The molecule has 1 aromatic carbocycles. The third kappa shape index (κ3) is 5.46. The van der Waals surface area contributed by atoms with Gasteiger partial charge in [0.05, 0.1) is 31.3 Å². The summed E-state index contributed by atoms with van der Waals surface area (Å²) < 4.78 is 7.30. The highest BCUT2D eigenvalue weighted by molar-refractivity contribution is 5.76. The van der Waals surface area contributed by atoms with Crippen LogP contribution in [0.25, 0.3) is 11.4 Å². The smallest absolute Gasteiger partial charge is 0.241 e. The van der Waals surface area contributed by atoms with Crippen LogP contribution in [0.5, 0.6) is 0 Å². The average molecular weight is 448 g/mol. The second kappa shape index (κ2) is 10.4. The fourth-order valence-electron chi connectivity index (χ4n) is 4.23. The summed E-state index contributed by atoms with van der Waals surface area (Å²) >= 11 is 0. The van der Waals surface area contributed by atoms with Crippen LogP contribution in [0.15, 0.2) is 34.9 Å². The van der Waals surface area contributed by atoms with Crippen LogP contribution in [-0.4, -0.2) is 61.8 Å². The molecule has 2 aromatic heterocycles. The number of carbonyl (C=O) groups is 1. The number of carbonyl (C=O) groups excluding carboxylic acids is 1. The second-order valence-electron chi connectivity index (χ2n) is 8.32. The normalized spacial score (nSPS) is 14.4. The Labute approximate surface area is 193 Å². The topological polar surface area (TPSA) is 104 Å². The molecule has 0 spiro atoms. The molecule has 1 aliphatic rings. The van der Waals surface area contributed by atoms with Crippen molar-refractivity contribution in [1.82, 2.24) is 29.7 Å². The maximum atomic E-state index is 12.8. The summed E-state index contributed by atoms with van der Waals surface area (Å²) in [7, 11) is 0. The Bertz CT molecular complexity index is 1120. The number of benzene rings is 1. The molecule has 3 aromatic rings. The second-order valence-corrected chi connectivity index (χ2v) is 8.32. The van der Waals surface area contributed by atoms with E-state index in [1.54, 1.807) is 0 Å². The average Bonchev–Trinajstić information content (AvgIpc) is 3.41. The van der Waals surface area contributed by atoms with Gasteiger partial charge in [-0.1, -0.05) is 35.5 Å². The number of nitrogens with zero attached hydrogens (tertiary/aromatic N) is 7. The van der Waals surface area contributed by atoms with E-state index in [1.807, 2.05) is 53.8 Å². The van der Waals surface area contributed by atoms with Gasteiger partial charge in [0.2, 0.25) is 17.6 Å². The first-order valence-corrected chi connectivity index (χ1v) is 11.3.